The highest BCUT2D eigenvalue weighted by molar-refractivity contribution is 14.0. The predicted octanol–water partition coefficient (Wildman–Crippen LogP) is 3.32. The van der Waals surface area contributed by atoms with Gasteiger partial charge < -0.3 is 15.4 Å². The lowest BCUT2D eigenvalue weighted by atomic mass is 9.85. The maximum absolute atomic E-state index is 11.5. The molecule has 0 aliphatic carbocycles. The first kappa shape index (κ1) is 25.0. The quantitative estimate of drug-likeness (QED) is 0.260. The van der Waals surface area contributed by atoms with Crippen LogP contribution in [0.4, 0.5) is 0 Å². The number of carbonyl (C=O) groups is 1. The van der Waals surface area contributed by atoms with Crippen LogP contribution in [0.1, 0.15) is 31.4 Å². The Labute approximate surface area is 190 Å². The first-order valence-corrected chi connectivity index (χ1v) is 9.82. The van der Waals surface area contributed by atoms with Gasteiger partial charge in [0.15, 0.2) is 5.96 Å². The zero-order valence-corrected chi connectivity index (χ0v) is 20.2. The summed E-state index contributed by atoms with van der Waals surface area (Å²) < 4.78 is 4.76. The second-order valence-electron chi connectivity index (χ2n) is 7.14. The van der Waals surface area contributed by atoms with Gasteiger partial charge in [-0.2, -0.15) is 0 Å². The van der Waals surface area contributed by atoms with Gasteiger partial charge in [0, 0.05) is 31.2 Å². The van der Waals surface area contributed by atoms with Gasteiger partial charge in [-0.1, -0.05) is 30.7 Å². The summed E-state index contributed by atoms with van der Waals surface area (Å²) in [5, 5.41) is 7.39. The number of carbonyl (C=O) groups excluding carboxylic acids is 1. The van der Waals surface area contributed by atoms with Gasteiger partial charge in [0.2, 0.25) is 0 Å². The van der Waals surface area contributed by atoms with Crippen molar-refractivity contribution in [3.63, 3.8) is 0 Å². The van der Waals surface area contributed by atoms with Crippen molar-refractivity contribution in [2.24, 2.45) is 16.8 Å². The Morgan fingerprint density at radius 3 is 2.82 bits per heavy atom. The standard InChI is InChI=1S/C20H31ClN4O2.HI/c1-14(19(26)27-4)12-23-20(22-2)24-13-16-8-6-10-25(3)18(16)15-7-5-9-17(21)11-15;/h5,7,9,11,14,16,18H,6,8,10,12-13H2,1-4H3,(H2,22,23,24);1H. The summed E-state index contributed by atoms with van der Waals surface area (Å²) in [6, 6.07) is 8.45. The van der Waals surface area contributed by atoms with Gasteiger partial charge in [0.1, 0.15) is 0 Å². The van der Waals surface area contributed by atoms with Crippen LogP contribution in [-0.2, 0) is 9.53 Å². The van der Waals surface area contributed by atoms with Crippen LogP contribution in [0.25, 0.3) is 0 Å². The van der Waals surface area contributed by atoms with Gasteiger partial charge in [0.25, 0.3) is 0 Å². The molecule has 28 heavy (non-hydrogen) atoms. The van der Waals surface area contributed by atoms with Gasteiger partial charge in [-0.3, -0.25) is 14.7 Å². The molecule has 0 amide bonds. The van der Waals surface area contributed by atoms with Crippen molar-refractivity contribution in [3.05, 3.63) is 34.9 Å². The largest absolute Gasteiger partial charge is 0.469 e. The van der Waals surface area contributed by atoms with E-state index in [-0.39, 0.29) is 35.9 Å². The number of halogens is 2. The molecule has 0 radical (unpaired) electrons. The van der Waals surface area contributed by atoms with Crippen LogP contribution in [0.15, 0.2) is 29.3 Å². The maximum atomic E-state index is 11.5. The molecule has 2 N–H and O–H groups in total. The SMILES string of the molecule is CN=C(NCC(C)C(=O)OC)NCC1CCCN(C)C1c1cccc(Cl)c1.I. The van der Waals surface area contributed by atoms with Crippen molar-refractivity contribution in [3.8, 4) is 0 Å². The first-order valence-electron chi connectivity index (χ1n) is 9.44. The average molecular weight is 523 g/mol. The molecule has 0 aromatic heterocycles. The van der Waals surface area contributed by atoms with E-state index >= 15 is 0 Å². The molecular formula is C20H32ClIN4O2. The lowest BCUT2D eigenvalue weighted by Gasteiger charge is -2.40. The van der Waals surface area contributed by atoms with Gasteiger partial charge in [-0.05, 0) is 50.0 Å². The third-order valence-electron chi connectivity index (χ3n) is 5.13. The van der Waals surface area contributed by atoms with E-state index in [1.165, 1.54) is 19.1 Å². The molecule has 0 spiro atoms. The number of hydrogen-bond acceptors (Lipinski definition) is 4. The van der Waals surface area contributed by atoms with Crippen LogP contribution in [0.3, 0.4) is 0 Å². The first-order chi connectivity index (χ1) is 13.0. The number of guanidine groups is 1. The molecule has 0 bridgehead atoms. The van der Waals surface area contributed by atoms with E-state index in [0.717, 1.165) is 24.5 Å². The second kappa shape index (κ2) is 12.5. The summed E-state index contributed by atoms with van der Waals surface area (Å²) >= 11 is 6.22. The Morgan fingerprint density at radius 2 is 2.18 bits per heavy atom. The molecule has 1 aromatic rings. The van der Waals surface area contributed by atoms with E-state index < -0.39 is 0 Å². The molecule has 1 fully saturated rings. The number of nitrogens with one attached hydrogen (secondary N) is 2. The Bertz CT molecular complexity index is 659. The summed E-state index contributed by atoms with van der Waals surface area (Å²) in [6.07, 6.45) is 2.31. The highest BCUT2D eigenvalue weighted by atomic mass is 127. The lowest BCUT2D eigenvalue weighted by Crippen LogP contribution is -2.46. The summed E-state index contributed by atoms with van der Waals surface area (Å²) in [4.78, 5) is 18.2. The van der Waals surface area contributed by atoms with E-state index in [4.69, 9.17) is 16.3 Å². The van der Waals surface area contributed by atoms with Gasteiger partial charge >= 0.3 is 5.97 Å². The minimum atomic E-state index is -0.229. The number of methoxy groups -OCH3 is 1. The van der Waals surface area contributed by atoms with Crippen LogP contribution >= 0.6 is 35.6 Å². The average Bonchev–Trinajstić information content (AvgIpc) is 2.67. The number of piperidine rings is 1. The summed E-state index contributed by atoms with van der Waals surface area (Å²) in [6.45, 7) is 4.19. The van der Waals surface area contributed by atoms with Crippen LogP contribution in [0.2, 0.25) is 5.02 Å². The monoisotopic (exact) mass is 522 g/mol. The number of esters is 1. The lowest BCUT2D eigenvalue weighted by molar-refractivity contribution is -0.144. The van der Waals surface area contributed by atoms with Crippen molar-refractivity contribution in [1.29, 1.82) is 0 Å². The normalized spacial score (nSPS) is 21.4. The van der Waals surface area contributed by atoms with E-state index in [9.17, 15) is 4.79 Å². The number of nitrogens with zero attached hydrogens (tertiary/aromatic N) is 2. The Hall–Kier alpha value is -1.06. The number of ether oxygens (including phenoxy) is 1. The fourth-order valence-electron chi connectivity index (χ4n) is 3.67. The molecule has 1 heterocycles. The fourth-order valence-corrected chi connectivity index (χ4v) is 3.87. The summed E-state index contributed by atoms with van der Waals surface area (Å²) in [7, 11) is 5.31. The van der Waals surface area contributed by atoms with Crippen molar-refractivity contribution in [1.82, 2.24) is 15.5 Å². The molecule has 8 heteroatoms. The van der Waals surface area contributed by atoms with Crippen LogP contribution in [0, 0.1) is 11.8 Å². The third kappa shape index (κ3) is 7.08. The second-order valence-corrected chi connectivity index (χ2v) is 7.58. The molecule has 3 unspecified atom stereocenters. The molecule has 2 rings (SSSR count). The zero-order chi connectivity index (χ0) is 19.8. The molecular weight excluding hydrogens is 491 g/mol. The Balaban J connectivity index is 0.00000392. The molecule has 1 aliphatic heterocycles. The Morgan fingerprint density at radius 1 is 1.43 bits per heavy atom. The van der Waals surface area contributed by atoms with Gasteiger partial charge in [0.05, 0.1) is 13.0 Å². The summed E-state index contributed by atoms with van der Waals surface area (Å²) in [5.41, 5.74) is 1.25. The van der Waals surface area contributed by atoms with Crippen molar-refractivity contribution >= 4 is 47.5 Å². The summed E-state index contributed by atoms with van der Waals surface area (Å²) in [5.74, 6) is 0.684. The van der Waals surface area contributed by atoms with Gasteiger partial charge in [-0.15, -0.1) is 24.0 Å². The molecule has 1 aromatic carbocycles. The fraction of sp³-hybridized carbons (Fsp3) is 0.600. The van der Waals surface area contributed by atoms with Crippen LogP contribution in [-0.4, -0.2) is 57.7 Å². The van der Waals surface area contributed by atoms with Crippen molar-refractivity contribution < 1.29 is 9.53 Å². The van der Waals surface area contributed by atoms with E-state index in [1.807, 2.05) is 19.1 Å². The molecule has 158 valence electrons. The zero-order valence-electron chi connectivity index (χ0n) is 17.1. The van der Waals surface area contributed by atoms with E-state index in [0.29, 0.717) is 24.5 Å². The molecule has 0 saturated carbocycles. The van der Waals surface area contributed by atoms with Crippen molar-refractivity contribution in [2.45, 2.75) is 25.8 Å². The predicted molar refractivity (Wildman–Crippen MR) is 126 cm³/mol. The molecule has 3 atom stereocenters. The number of likely N-dealkylation sites (tertiary alicyclic amines) is 1. The third-order valence-corrected chi connectivity index (χ3v) is 5.37. The van der Waals surface area contributed by atoms with Crippen molar-refractivity contribution in [2.75, 3.05) is 40.8 Å². The highest BCUT2D eigenvalue weighted by Gasteiger charge is 2.30. The molecule has 1 aliphatic rings. The molecule has 6 nitrogen and oxygen atoms in total. The highest BCUT2D eigenvalue weighted by Crippen LogP contribution is 2.35. The number of hydrogen-bond donors (Lipinski definition) is 2. The minimum absolute atomic E-state index is 0. The number of benzene rings is 1. The topological polar surface area (TPSA) is 66.0 Å². The molecule has 1 saturated heterocycles. The maximum Gasteiger partial charge on any atom is 0.310 e. The van der Waals surface area contributed by atoms with Gasteiger partial charge in [-0.25, -0.2) is 0 Å². The van der Waals surface area contributed by atoms with Crippen LogP contribution in [0.5, 0.6) is 0 Å². The van der Waals surface area contributed by atoms with E-state index in [1.54, 1.807) is 7.05 Å². The number of rotatable bonds is 6. The minimum Gasteiger partial charge on any atom is -0.469 e. The smallest absolute Gasteiger partial charge is 0.310 e. The Kier molecular flexibility index (Phi) is 11.1. The van der Waals surface area contributed by atoms with E-state index in [2.05, 4.69) is 39.7 Å². The number of aliphatic imine (C=N–C) groups is 1. The van der Waals surface area contributed by atoms with Crippen LogP contribution < -0.4 is 10.6 Å².